The van der Waals surface area contributed by atoms with Crippen molar-refractivity contribution in [1.82, 2.24) is 14.3 Å². The molecule has 0 saturated carbocycles. The van der Waals surface area contributed by atoms with Crippen molar-refractivity contribution in [2.24, 2.45) is 0 Å². The van der Waals surface area contributed by atoms with Gasteiger partial charge in [-0.2, -0.15) is 0 Å². The van der Waals surface area contributed by atoms with E-state index in [9.17, 15) is 4.79 Å². The third-order valence-corrected chi connectivity index (χ3v) is 6.37. The van der Waals surface area contributed by atoms with Gasteiger partial charge in [0.25, 0.3) is 5.91 Å². The Hall–Kier alpha value is -2.86. The number of aromatic nitrogens is 2. The number of likely N-dealkylation sites (tertiary alicyclic amines) is 1. The summed E-state index contributed by atoms with van der Waals surface area (Å²) in [5.41, 5.74) is 3.80. The average Bonchev–Trinajstić information content (AvgIpc) is 3.31. The number of carbonyl (C=O) groups is 1. The van der Waals surface area contributed by atoms with Crippen LogP contribution in [0.3, 0.4) is 0 Å². The lowest BCUT2D eigenvalue weighted by Gasteiger charge is -2.26. The van der Waals surface area contributed by atoms with Gasteiger partial charge in [0.1, 0.15) is 5.75 Å². The molecule has 0 atom stereocenters. The Bertz CT molecular complexity index is 1170. The van der Waals surface area contributed by atoms with Crippen molar-refractivity contribution < 1.29 is 9.53 Å². The van der Waals surface area contributed by atoms with Gasteiger partial charge in [0, 0.05) is 30.4 Å². The Morgan fingerprint density at radius 1 is 1.11 bits per heavy atom. The highest BCUT2D eigenvalue weighted by Gasteiger charge is 2.19. The maximum Gasteiger partial charge on any atom is 0.253 e. The normalized spacial score (nSPS) is 14.7. The number of piperidine rings is 1. The summed E-state index contributed by atoms with van der Waals surface area (Å²) in [5.74, 6) is 0.962. The number of hydrogen-bond donors (Lipinski definition) is 0. The molecular formula is C22H21N3O2S. The molecule has 3 heterocycles. The number of benzene rings is 2. The van der Waals surface area contributed by atoms with E-state index in [4.69, 9.17) is 9.72 Å². The molecule has 1 fully saturated rings. The second-order valence-corrected chi connectivity index (χ2v) is 8.16. The Kier molecular flexibility index (Phi) is 4.28. The van der Waals surface area contributed by atoms with E-state index < -0.39 is 0 Å². The first-order valence-corrected chi connectivity index (χ1v) is 10.4. The van der Waals surface area contributed by atoms with E-state index in [-0.39, 0.29) is 5.91 Å². The van der Waals surface area contributed by atoms with Crippen molar-refractivity contribution >= 4 is 32.4 Å². The highest BCUT2D eigenvalue weighted by Crippen LogP contribution is 2.31. The fourth-order valence-electron chi connectivity index (χ4n) is 3.84. The maximum absolute atomic E-state index is 12.8. The number of thiazole rings is 1. The summed E-state index contributed by atoms with van der Waals surface area (Å²) in [6, 6.07) is 13.9. The predicted molar refractivity (Wildman–Crippen MR) is 112 cm³/mol. The monoisotopic (exact) mass is 391 g/mol. The van der Waals surface area contributed by atoms with Crippen LogP contribution in [0, 0.1) is 0 Å². The van der Waals surface area contributed by atoms with Gasteiger partial charge in [-0.05, 0) is 49.6 Å². The molecule has 0 N–H and O–H groups in total. The quantitative estimate of drug-likeness (QED) is 0.501. The van der Waals surface area contributed by atoms with Gasteiger partial charge in [0.15, 0.2) is 4.96 Å². The molecular weight excluding hydrogens is 370 g/mol. The number of methoxy groups -OCH3 is 1. The van der Waals surface area contributed by atoms with E-state index in [1.807, 2.05) is 47.4 Å². The molecule has 1 aliphatic rings. The van der Waals surface area contributed by atoms with Crippen LogP contribution < -0.4 is 4.74 Å². The zero-order valence-electron chi connectivity index (χ0n) is 15.7. The Balaban J connectivity index is 1.51. The first kappa shape index (κ1) is 17.3. The molecule has 28 heavy (non-hydrogen) atoms. The van der Waals surface area contributed by atoms with E-state index in [1.165, 1.54) is 6.42 Å². The van der Waals surface area contributed by atoms with Crippen LogP contribution in [0.25, 0.3) is 26.4 Å². The van der Waals surface area contributed by atoms with Gasteiger partial charge in [-0.3, -0.25) is 9.20 Å². The second kappa shape index (κ2) is 6.95. The van der Waals surface area contributed by atoms with E-state index in [2.05, 4.69) is 10.6 Å². The van der Waals surface area contributed by atoms with Gasteiger partial charge in [0.05, 0.1) is 23.0 Å². The Morgan fingerprint density at radius 2 is 1.96 bits per heavy atom. The molecule has 0 unspecified atom stereocenters. The minimum Gasteiger partial charge on any atom is -0.497 e. The molecule has 0 aliphatic carbocycles. The lowest BCUT2D eigenvalue weighted by atomic mass is 10.1. The number of carbonyl (C=O) groups excluding carboxylic acids is 1. The fraction of sp³-hybridized carbons (Fsp3) is 0.273. The van der Waals surface area contributed by atoms with Gasteiger partial charge in [-0.1, -0.05) is 23.5 Å². The van der Waals surface area contributed by atoms with Crippen LogP contribution >= 0.6 is 11.3 Å². The van der Waals surface area contributed by atoms with Crippen LogP contribution in [0.15, 0.2) is 48.7 Å². The summed E-state index contributed by atoms with van der Waals surface area (Å²) in [5, 5.41) is 0. The molecule has 5 rings (SSSR count). The molecule has 0 bridgehead atoms. The first-order valence-electron chi connectivity index (χ1n) is 9.58. The molecule has 2 aromatic carbocycles. The minimum absolute atomic E-state index is 0.143. The Morgan fingerprint density at radius 3 is 2.79 bits per heavy atom. The number of rotatable bonds is 3. The summed E-state index contributed by atoms with van der Waals surface area (Å²) < 4.78 is 8.51. The maximum atomic E-state index is 12.8. The third-order valence-electron chi connectivity index (χ3n) is 5.35. The van der Waals surface area contributed by atoms with Crippen molar-refractivity contribution in [2.45, 2.75) is 19.3 Å². The molecule has 1 amide bonds. The molecule has 1 saturated heterocycles. The predicted octanol–water partition coefficient (Wildman–Crippen LogP) is 4.85. The molecule has 2 aromatic heterocycles. The summed E-state index contributed by atoms with van der Waals surface area (Å²) in [7, 11) is 1.67. The number of hydrogen-bond acceptors (Lipinski definition) is 4. The number of imidazole rings is 1. The lowest BCUT2D eigenvalue weighted by molar-refractivity contribution is 0.0724. The van der Waals surface area contributed by atoms with Crippen molar-refractivity contribution in [2.75, 3.05) is 20.2 Å². The van der Waals surface area contributed by atoms with Gasteiger partial charge < -0.3 is 9.64 Å². The number of nitrogens with zero attached hydrogens (tertiary/aromatic N) is 3. The zero-order valence-corrected chi connectivity index (χ0v) is 16.5. The van der Waals surface area contributed by atoms with Crippen LogP contribution in [0.5, 0.6) is 5.75 Å². The molecule has 142 valence electrons. The number of fused-ring (bicyclic) bond motifs is 3. The van der Waals surface area contributed by atoms with Gasteiger partial charge in [-0.25, -0.2) is 4.98 Å². The molecule has 5 nitrogen and oxygen atoms in total. The molecule has 1 aliphatic heterocycles. The van der Waals surface area contributed by atoms with Crippen LogP contribution in [0.2, 0.25) is 0 Å². The zero-order chi connectivity index (χ0) is 19.1. The van der Waals surface area contributed by atoms with Gasteiger partial charge >= 0.3 is 0 Å². The van der Waals surface area contributed by atoms with Crippen molar-refractivity contribution in [3.63, 3.8) is 0 Å². The molecule has 0 radical (unpaired) electrons. The smallest absolute Gasteiger partial charge is 0.253 e. The number of amides is 1. The van der Waals surface area contributed by atoms with Crippen molar-refractivity contribution in [1.29, 1.82) is 0 Å². The van der Waals surface area contributed by atoms with E-state index in [1.54, 1.807) is 18.4 Å². The lowest BCUT2D eigenvalue weighted by Crippen LogP contribution is -2.35. The van der Waals surface area contributed by atoms with E-state index >= 15 is 0 Å². The molecule has 4 aromatic rings. The molecule has 0 spiro atoms. The largest absolute Gasteiger partial charge is 0.497 e. The SMILES string of the molecule is COc1cccc(-c2cn3c(n2)sc2cc(C(=O)N4CCCCC4)ccc23)c1. The average molecular weight is 391 g/mol. The standard InChI is InChI=1S/C22H21N3O2S/c1-27-17-7-5-6-15(12-17)18-14-25-19-9-8-16(13-20(19)28-22(25)23-18)21(26)24-10-3-2-4-11-24/h5-9,12-14H,2-4,10-11H2,1H3. The van der Waals surface area contributed by atoms with E-state index in [0.717, 1.165) is 63.7 Å². The summed E-state index contributed by atoms with van der Waals surface area (Å²) in [6.45, 7) is 1.74. The summed E-state index contributed by atoms with van der Waals surface area (Å²) >= 11 is 1.62. The highest BCUT2D eigenvalue weighted by atomic mass is 32.1. The van der Waals surface area contributed by atoms with Crippen LogP contribution in [-0.2, 0) is 0 Å². The van der Waals surface area contributed by atoms with Crippen LogP contribution in [-0.4, -0.2) is 40.4 Å². The summed E-state index contributed by atoms with van der Waals surface area (Å²) in [6.07, 6.45) is 5.48. The van der Waals surface area contributed by atoms with Crippen LogP contribution in [0.4, 0.5) is 0 Å². The van der Waals surface area contributed by atoms with Crippen molar-refractivity contribution in [3.8, 4) is 17.0 Å². The van der Waals surface area contributed by atoms with Crippen LogP contribution in [0.1, 0.15) is 29.6 Å². The topological polar surface area (TPSA) is 46.8 Å². The second-order valence-electron chi connectivity index (χ2n) is 7.15. The third kappa shape index (κ3) is 2.94. The van der Waals surface area contributed by atoms with Crippen molar-refractivity contribution in [3.05, 3.63) is 54.2 Å². The number of ether oxygens (including phenoxy) is 1. The first-order chi connectivity index (χ1) is 13.7. The van der Waals surface area contributed by atoms with Gasteiger partial charge in [-0.15, -0.1) is 0 Å². The fourth-order valence-corrected chi connectivity index (χ4v) is 4.88. The minimum atomic E-state index is 0.143. The summed E-state index contributed by atoms with van der Waals surface area (Å²) in [4.78, 5) is 20.5. The van der Waals surface area contributed by atoms with Gasteiger partial charge in [0.2, 0.25) is 0 Å². The molecule has 6 heteroatoms. The van der Waals surface area contributed by atoms with E-state index in [0.29, 0.717) is 0 Å². The highest BCUT2D eigenvalue weighted by molar-refractivity contribution is 7.23. The Labute approximate surface area is 167 Å².